The SMILES string of the molecule is CCN1CCC(CNc2ncc[nH]c2=O)CC1. The lowest BCUT2D eigenvalue weighted by Crippen LogP contribution is -2.36. The molecule has 2 rings (SSSR count). The molecule has 5 nitrogen and oxygen atoms in total. The number of rotatable bonds is 4. The van der Waals surface area contributed by atoms with Crippen LogP contribution < -0.4 is 10.9 Å². The van der Waals surface area contributed by atoms with E-state index in [1.54, 1.807) is 12.4 Å². The summed E-state index contributed by atoms with van der Waals surface area (Å²) in [5.41, 5.74) is -0.140. The predicted octanol–water partition coefficient (Wildman–Crippen LogP) is 0.914. The van der Waals surface area contributed by atoms with Crippen molar-refractivity contribution < 1.29 is 0 Å². The molecule has 1 saturated heterocycles. The zero-order chi connectivity index (χ0) is 12.1. The highest BCUT2D eigenvalue weighted by Gasteiger charge is 2.17. The van der Waals surface area contributed by atoms with Crippen LogP contribution >= 0.6 is 0 Å². The van der Waals surface area contributed by atoms with Crippen molar-refractivity contribution in [3.63, 3.8) is 0 Å². The molecule has 0 aliphatic carbocycles. The molecule has 0 aromatic carbocycles. The molecule has 0 saturated carbocycles. The third kappa shape index (κ3) is 3.30. The average molecular weight is 236 g/mol. The number of likely N-dealkylation sites (tertiary alicyclic amines) is 1. The first-order chi connectivity index (χ1) is 8.29. The van der Waals surface area contributed by atoms with Gasteiger partial charge in [0, 0.05) is 18.9 Å². The predicted molar refractivity (Wildman–Crippen MR) is 68.2 cm³/mol. The minimum atomic E-state index is -0.140. The number of aromatic nitrogens is 2. The second kappa shape index (κ2) is 5.82. The second-order valence-corrected chi connectivity index (χ2v) is 4.53. The van der Waals surface area contributed by atoms with E-state index < -0.39 is 0 Å². The molecule has 0 spiro atoms. The van der Waals surface area contributed by atoms with Gasteiger partial charge >= 0.3 is 0 Å². The van der Waals surface area contributed by atoms with Crippen LogP contribution in [0.2, 0.25) is 0 Å². The largest absolute Gasteiger partial charge is 0.365 e. The topological polar surface area (TPSA) is 61.0 Å². The van der Waals surface area contributed by atoms with Crippen molar-refractivity contribution in [2.24, 2.45) is 5.92 Å². The zero-order valence-corrected chi connectivity index (χ0v) is 10.3. The lowest BCUT2D eigenvalue weighted by atomic mass is 9.97. The molecule has 0 unspecified atom stereocenters. The van der Waals surface area contributed by atoms with E-state index in [1.807, 2.05) is 0 Å². The maximum absolute atomic E-state index is 11.4. The molecule has 1 aromatic rings. The fraction of sp³-hybridized carbons (Fsp3) is 0.667. The maximum atomic E-state index is 11.4. The first kappa shape index (κ1) is 12.1. The van der Waals surface area contributed by atoms with Gasteiger partial charge in [-0.05, 0) is 38.4 Å². The molecule has 1 fully saturated rings. The summed E-state index contributed by atoms with van der Waals surface area (Å²) < 4.78 is 0. The van der Waals surface area contributed by atoms with Crippen molar-refractivity contribution in [1.82, 2.24) is 14.9 Å². The van der Waals surface area contributed by atoms with Crippen molar-refractivity contribution in [2.75, 3.05) is 31.5 Å². The molecule has 0 atom stereocenters. The summed E-state index contributed by atoms with van der Waals surface area (Å²) in [7, 11) is 0. The van der Waals surface area contributed by atoms with E-state index in [-0.39, 0.29) is 5.56 Å². The smallest absolute Gasteiger partial charge is 0.290 e. The number of nitrogens with zero attached hydrogens (tertiary/aromatic N) is 2. The summed E-state index contributed by atoms with van der Waals surface area (Å²) in [6.07, 6.45) is 5.55. The van der Waals surface area contributed by atoms with Gasteiger partial charge in [0.15, 0.2) is 5.82 Å². The fourth-order valence-corrected chi connectivity index (χ4v) is 2.23. The van der Waals surface area contributed by atoms with Crippen LogP contribution in [0.5, 0.6) is 0 Å². The molecular formula is C12H20N4O. The van der Waals surface area contributed by atoms with E-state index in [9.17, 15) is 4.79 Å². The van der Waals surface area contributed by atoms with Gasteiger partial charge < -0.3 is 15.2 Å². The third-order valence-electron chi connectivity index (χ3n) is 3.42. The standard InChI is InChI=1S/C12H20N4O/c1-2-16-7-3-10(4-8-16)9-15-11-12(17)14-6-5-13-11/h5-6,10H,2-4,7-9H2,1H3,(H,13,15)(H,14,17). The van der Waals surface area contributed by atoms with Crippen molar-refractivity contribution >= 4 is 5.82 Å². The summed E-state index contributed by atoms with van der Waals surface area (Å²) in [6.45, 7) is 6.52. The van der Waals surface area contributed by atoms with Gasteiger partial charge in [-0.1, -0.05) is 6.92 Å². The van der Waals surface area contributed by atoms with Crippen LogP contribution in [0.3, 0.4) is 0 Å². The monoisotopic (exact) mass is 236 g/mol. The lowest BCUT2D eigenvalue weighted by Gasteiger charge is -2.31. The van der Waals surface area contributed by atoms with Crippen LogP contribution in [0.1, 0.15) is 19.8 Å². The Bertz CT molecular complexity index is 395. The molecule has 1 aliphatic rings. The molecule has 94 valence electrons. The van der Waals surface area contributed by atoms with Crippen LogP contribution in [-0.2, 0) is 0 Å². The molecule has 5 heteroatoms. The first-order valence-corrected chi connectivity index (χ1v) is 6.29. The van der Waals surface area contributed by atoms with Gasteiger partial charge in [0.2, 0.25) is 0 Å². The van der Waals surface area contributed by atoms with Gasteiger partial charge in [-0.2, -0.15) is 0 Å². The van der Waals surface area contributed by atoms with E-state index in [4.69, 9.17) is 0 Å². The highest BCUT2D eigenvalue weighted by atomic mass is 16.1. The van der Waals surface area contributed by atoms with E-state index in [2.05, 4.69) is 27.1 Å². The number of piperidine rings is 1. The number of hydrogen-bond acceptors (Lipinski definition) is 4. The van der Waals surface area contributed by atoms with Gasteiger partial charge in [0.1, 0.15) is 0 Å². The Morgan fingerprint density at radius 3 is 2.94 bits per heavy atom. The number of aromatic amines is 1. The Hall–Kier alpha value is -1.36. The molecule has 1 aromatic heterocycles. The molecular weight excluding hydrogens is 216 g/mol. The number of anilines is 1. The van der Waals surface area contributed by atoms with Crippen LogP contribution in [0.25, 0.3) is 0 Å². The summed E-state index contributed by atoms with van der Waals surface area (Å²) in [5.74, 6) is 1.09. The molecule has 2 heterocycles. The Kier molecular flexibility index (Phi) is 4.14. The van der Waals surface area contributed by atoms with Crippen molar-refractivity contribution in [3.05, 3.63) is 22.7 Å². The molecule has 2 N–H and O–H groups in total. The first-order valence-electron chi connectivity index (χ1n) is 6.29. The summed E-state index contributed by atoms with van der Waals surface area (Å²) >= 11 is 0. The normalized spacial score (nSPS) is 18.2. The fourth-order valence-electron chi connectivity index (χ4n) is 2.23. The lowest BCUT2D eigenvalue weighted by molar-refractivity contribution is 0.198. The van der Waals surface area contributed by atoms with Crippen LogP contribution in [-0.4, -0.2) is 41.0 Å². The number of nitrogens with one attached hydrogen (secondary N) is 2. The average Bonchev–Trinajstić information content (AvgIpc) is 2.38. The molecule has 0 bridgehead atoms. The van der Waals surface area contributed by atoms with E-state index in [0.29, 0.717) is 11.7 Å². The minimum Gasteiger partial charge on any atom is -0.365 e. The molecule has 0 radical (unpaired) electrons. The van der Waals surface area contributed by atoms with Crippen molar-refractivity contribution in [3.8, 4) is 0 Å². The third-order valence-corrected chi connectivity index (χ3v) is 3.42. The Labute approximate surface area is 101 Å². The maximum Gasteiger partial charge on any atom is 0.290 e. The molecule has 0 amide bonds. The van der Waals surface area contributed by atoms with Crippen molar-refractivity contribution in [2.45, 2.75) is 19.8 Å². The van der Waals surface area contributed by atoms with Gasteiger partial charge in [0.25, 0.3) is 5.56 Å². The summed E-state index contributed by atoms with van der Waals surface area (Å²) in [5, 5.41) is 3.14. The van der Waals surface area contributed by atoms with Gasteiger partial charge in [-0.3, -0.25) is 4.79 Å². The number of H-pyrrole nitrogens is 1. The molecule has 17 heavy (non-hydrogen) atoms. The van der Waals surface area contributed by atoms with E-state index in [0.717, 1.165) is 13.1 Å². The highest BCUT2D eigenvalue weighted by Crippen LogP contribution is 2.16. The van der Waals surface area contributed by atoms with Crippen LogP contribution in [0.4, 0.5) is 5.82 Å². The highest BCUT2D eigenvalue weighted by molar-refractivity contribution is 5.29. The second-order valence-electron chi connectivity index (χ2n) is 4.53. The Morgan fingerprint density at radius 2 is 2.29 bits per heavy atom. The number of hydrogen-bond donors (Lipinski definition) is 2. The quantitative estimate of drug-likeness (QED) is 0.816. The molecule has 1 aliphatic heterocycles. The zero-order valence-electron chi connectivity index (χ0n) is 10.3. The van der Waals surface area contributed by atoms with Crippen molar-refractivity contribution in [1.29, 1.82) is 0 Å². The summed E-state index contributed by atoms with van der Waals surface area (Å²) in [6, 6.07) is 0. The van der Waals surface area contributed by atoms with Crippen LogP contribution in [0.15, 0.2) is 17.2 Å². The Morgan fingerprint density at radius 1 is 1.53 bits per heavy atom. The van der Waals surface area contributed by atoms with Gasteiger partial charge in [-0.15, -0.1) is 0 Å². The van der Waals surface area contributed by atoms with E-state index >= 15 is 0 Å². The van der Waals surface area contributed by atoms with Gasteiger partial charge in [-0.25, -0.2) is 4.98 Å². The summed E-state index contributed by atoms with van der Waals surface area (Å²) in [4.78, 5) is 20.5. The van der Waals surface area contributed by atoms with Crippen LogP contribution in [0, 0.1) is 5.92 Å². The van der Waals surface area contributed by atoms with E-state index in [1.165, 1.54) is 25.9 Å². The minimum absolute atomic E-state index is 0.140. The van der Waals surface area contributed by atoms with Gasteiger partial charge in [0.05, 0.1) is 0 Å². The Balaban J connectivity index is 1.80.